The number of carbonyl (C=O) groups is 1. The number of hydrogen-bond donors (Lipinski definition) is 1. The molecule has 1 amide bonds. The molecule has 0 radical (unpaired) electrons. The number of ether oxygens (including phenoxy) is 2. The lowest BCUT2D eigenvalue weighted by molar-refractivity contribution is -0.126. The van der Waals surface area contributed by atoms with E-state index < -0.39 is 0 Å². The molecule has 1 fully saturated rings. The fourth-order valence-corrected chi connectivity index (χ4v) is 3.70. The number of fused-ring (bicyclic) bond motifs is 2. The number of para-hydroxylation sites is 2. The lowest BCUT2D eigenvalue weighted by Gasteiger charge is -2.32. The molecule has 1 N–H and O–H groups in total. The number of rotatable bonds is 4. The number of hydrogen-bond acceptors (Lipinski definition) is 8. The Morgan fingerprint density at radius 3 is 2.83 bits per heavy atom. The summed E-state index contributed by atoms with van der Waals surface area (Å²) in [4.78, 5) is 14.8. The fraction of sp³-hybridized carbons (Fsp3) is 0.421. The minimum atomic E-state index is -0.179. The number of nitrogens with zero attached hydrogens (tertiary/aromatic N) is 6. The van der Waals surface area contributed by atoms with Crippen molar-refractivity contribution in [3.63, 3.8) is 0 Å². The highest BCUT2D eigenvalue weighted by Crippen LogP contribution is 2.30. The van der Waals surface area contributed by atoms with Gasteiger partial charge in [-0.25, -0.2) is 0 Å². The Hall–Kier alpha value is -3.43. The number of benzene rings is 1. The summed E-state index contributed by atoms with van der Waals surface area (Å²) in [6.07, 6.45) is 1.36. The second-order valence-electron chi connectivity index (χ2n) is 7.22. The second-order valence-corrected chi connectivity index (χ2v) is 7.22. The monoisotopic (exact) mass is 395 g/mol. The Morgan fingerprint density at radius 1 is 1.14 bits per heavy atom. The van der Waals surface area contributed by atoms with Gasteiger partial charge in [-0.2, -0.15) is 0 Å². The van der Waals surface area contributed by atoms with Gasteiger partial charge in [-0.1, -0.05) is 12.1 Å². The highest BCUT2D eigenvalue weighted by molar-refractivity contribution is 5.79. The molecule has 4 heterocycles. The first-order valence-corrected chi connectivity index (χ1v) is 9.73. The third-order valence-corrected chi connectivity index (χ3v) is 5.32. The molecule has 10 nitrogen and oxygen atoms in total. The van der Waals surface area contributed by atoms with Crippen molar-refractivity contribution in [1.82, 2.24) is 30.6 Å². The van der Waals surface area contributed by atoms with Crippen molar-refractivity contribution in [1.29, 1.82) is 0 Å². The van der Waals surface area contributed by atoms with Gasteiger partial charge in [0.1, 0.15) is 12.7 Å². The van der Waals surface area contributed by atoms with Crippen molar-refractivity contribution in [2.45, 2.75) is 18.9 Å². The summed E-state index contributed by atoms with van der Waals surface area (Å²) in [5.41, 5.74) is 0.611. The molecule has 1 saturated heterocycles. The van der Waals surface area contributed by atoms with E-state index in [-0.39, 0.29) is 17.9 Å². The molecule has 0 saturated carbocycles. The van der Waals surface area contributed by atoms with Crippen LogP contribution < -0.4 is 19.7 Å². The quantitative estimate of drug-likeness (QED) is 0.688. The van der Waals surface area contributed by atoms with E-state index in [2.05, 4.69) is 30.8 Å². The standard InChI is InChI=1S/C19H21N7O3/c27-19(20-11-14-12-28-15-3-1-2-4-16(15)29-14)13-7-9-25(10-8-13)18-6-5-17-21-23-24-26(17)22-18/h1-6,13-14H,7-12H2,(H,20,27). The zero-order valence-electron chi connectivity index (χ0n) is 15.8. The molecule has 2 aliphatic rings. The zero-order valence-corrected chi connectivity index (χ0v) is 15.8. The second kappa shape index (κ2) is 7.53. The largest absolute Gasteiger partial charge is 0.486 e. The summed E-state index contributed by atoms with van der Waals surface area (Å²) in [6, 6.07) is 11.3. The van der Waals surface area contributed by atoms with E-state index in [9.17, 15) is 4.79 Å². The van der Waals surface area contributed by atoms with Gasteiger partial charge in [-0.3, -0.25) is 4.79 Å². The molecule has 2 aromatic heterocycles. The zero-order chi connectivity index (χ0) is 19.6. The molecule has 2 aliphatic heterocycles. The van der Waals surface area contributed by atoms with Crippen molar-refractivity contribution < 1.29 is 14.3 Å². The van der Waals surface area contributed by atoms with Crippen LogP contribution >= 0.6 is 0 Å². The topological polar surface area (TPSA) is 107 Å². The van der Waals surface area contributed by atoms with Crippen LogP contribution in [0.3, 0.4) is 0 Å². The Bertz CT molecular complexity index is 1020. The number of anilines is 1. The first-order chi connectivity index (χ1) is 14.3. The van der Waals surface area contributed by atoms with Gasteiger partial charge >= 0.3 is 0 Å². The van der Waals surface area contributed by atoms with E-state index in [4.69, 9.17) is 9.47 Å². The number of tetrazole rings is 1. The summed E-state index contributed by atoms with van der Waals surface area (Å²) in [6.45, 7) is 2.39. The van der Waals surface area contributed by atoms with Crippen molar-refractivity contribution in [3.05, 3.63) is 36.4 Å². The Morgan fingerprint density at radius 2 is 1.97 bits per heavy atom. The molecule has 5 rings (SSSR count). The van der Waals surface area contributed by atoms with Crippen LogP contribution in [0.1, 0.15) is 12.8 Å². The molecular weight excluding hydrogens is 374 g/mol. The van der Waals surface area contributed by atoms with Crippen LogP contribution in [0, 0.1) is 5.92 Å². The van der Waals surface area contributed by atoms with Crippen molar-refractivity contribution in [2.75, 3.05) is 31.1 Å². The highest BCUT2D eigenvalue weighted by atomic mass is 16.6. The van der Waals surface area contributed by atoms with E-state index in [1.54, 1.807) is 0 Å². The van der Waals surface area contributed by atoms with Gasteiger partial charge in [-0.05, 0) is 47.5 Å². The highest BCUT2D eigenvalue weighted by Gasteiger charge is 2.27. The number of piperidine rings is 1. The Balaban J connectivity index is 1.12. The fourth-order valence-electron chi connectivity index (χ4n) is 3.70. The third-order valence-electron chi connectivity index (χ3n) is 5.32. The number of carbonyl (C=O) groups excluding carboxylic acids is 1. The van der Waals surface area contributed by atoms with Crippen LogP contribution in [0.15, 0.2) is 36.4 Å². The predicted octanol–water partition coefficient (Wildman–Crippen LogP) is 0.692. The molecule has 1 atom stereocenters. The third kappa shape index (κ3) is 3.65. The number of amides is 1. The molecule has 1 unspecified atom stereocenters. The number of nitrogens with one attached hydrogen (secondary N) is 1. The van der Waals surface area contributed by atoms with Gasteiger partial charge in [0, 0.05) is 19.0 Å². The van der Waals surface area contributed by atoms with Gasteiger partial charge in [0.25, 0.3) is 0 Å². The SMILES string of the molecule is O=C(NCC1COc2ccccc2O1)C1CCN(c2ccc3nnnn3n2)CC1. The van der Waals surface area contributed by atoms with Crippen molar-refractivity contribution in [2.24, 2.45) is 5.92 Å². The lowest BCUT2D eigenvalue weighted by Crippen LogP contribution is -2.45. The van der Waals surface area contributed by atoms with Crippen LogP contribution in [0.4, 0.5) is 5.82 Å². The van der Waals surface area contributed by atoms with E-state index in [1.165, 1.54) is 4.63 Å². The van der Waals surface area contributed by atoms with Crippen molar-refractivity contribution in [3.8, 4) is 11.5 Å². The maximum absolute atomic E-state index is 12.6. The van der Waals surface area contributed by atoms with E-state index in [1.807, 2.05) is 36.4 Å². The molecule has 0 bridgehead atoms. The molecule has 0 aliphatic carbocycles. The van der Waals surface area contributed by atoms with Crippen LogP contribution in [-0.2, 0) is 4.79 Å². The normalized spacial score (nSPS) is 19.3. The smallest absolute Gasteiger partial charge is 0.223 e. The Kier molecular flexibility index (Phi) is 4.59. The van der Waals surface area contributed by atoms with Crippen molar-refractivity contribution >= 4 is 17.4 Å². The average Bonchev–Trinajstić information content (AvgIpc) is 3.25. The van der Waals surface area contributed by atoms with Gasteiger partial charge in [0.15, 0.2) is 23.0 Å². The van der Waals surface area contributed by atoms with Crippen LogP contribution in [0.5, 0.6) is 11.5 Å². The molecule has 10 heteroatoms. The van der Waals surface area contributed by atoms with Gasteiger partial charge in [-0.15, -0.1) is 14.8 Å². The van der Waals surface area contributed by atoms with Crippen LogP contribution in [0.2, 0.25) is 0 Å². The summed E-state index contributed by atoms with van der Waals surface area (Å²) >= 11 is 0. The molecule has 0 spiro atoms. The maximum atomic E-state index is 12.6. The molecule has 1 aromatic carbocycles. The van der Waals surface area contributed by atoms with Crippen LogP contribution in [0.25, 0.3) is 5.65 Å². The summed E-state index contributed by atoms with van der Waals surface area (Å²) < 4.78 is 13.0. The molecule has 3 aromatic rings. The summed E-state index contributed by atoms with van der Waals surface area (Å²) in [5.74, 6) is 2.33. The summed E-state index contributed by atoms with van der Waals surface area (Å²) in [5, 5.41) is 18.7. The van der Waals surface area contributed by atoms with Gasteiger partial charge < -0.3 is 19.7 Å². The Labute approximate surface area is 166 Å². The number of aromatic nitrogens is 5. The summed E-state index contributed by atoms with van der Waals surface area (Å²) in [7, 11) is 0. The minimum Gasteiger partial charge on any atom is -0.486 e. The maximum Gasteiger partial charge on any atom is 0.223 e. The molecule has 150 valence electrons. The average molecular weight is 395 g/mol. The first-order valence-electron chi connectivity index (χ1n) is 9.73. The minimum absolute atomic E-state index is 0.0141. The van der Waals surface area contributed by atoms with E-state index in [0.717, 1.165) is 43.2 Å². The first kappa shape index (κ1) is 17.7. The lowest BCUT2D eigenvalue weighted by atomic mass is 9.96. The van der Waals surface area contributed by atoms with Gasteiger partial charge in [0.05, 0.1) is 6.54 Å². The van der Waals surface area contributed by atoms with E-state index >= 15 is 0 Å². The molecular formula is C19H21N7O3. The van der Waals surface area contributed by atoms with Crippen LogP contribution in [-0.4, -0.2) is 63.5 Å². The van der Waals surface area contributed by atoms with E-state index in [0.29, 0.717) is 18.8 Å². The molecule has 29 heavy (non-hydrogen) atoms. The van der Waals surface area contributed by atoms with Gasteiger partial charge in [0.2, 0.25) is 5.91 Å². The predicted molar refractivity (Wildman–Crippen MR) is 103 cm³/mol.